The normalized spacial score (nSPS) is 22.6. The zero-order valence-corrected chi connectivity index (χ0v) is 23.6. The van der Waals surface area contributed by atoms with Gasteiger partial charge in [0.25, 0.3) is 5.91 Å². The Kier molecular flexibility index (Phi) is 5.94. The fourth-order valence-corrected chi connectivity index (χ4v) is 7.16. The summed E-state index contributed by atoms with van der Waals surface area (Å²) in [6, 6.07) is 9.67. The summed E-state index contributed by atoms with van der Waals surface area (Å²) in [6.07, 6.45) is 7.38. The summed E-state index contributed by atoms with van der Waals surface area (Å²) >= 11 is 0. The number of imidazole rings is 1. The van der Waals surface area contributed by atoms with Gasteiger partial charge in [-0.1, -0.05) is 0 Å². The molecule has 3 fully saturated rings. The van der Waals surface area contributed by atoms with Gasteiger partial charge in [0.1, 0.15) is 26.8 Å². The van der Waals surface area contributed by atoms with Gasteiger partial charge in [0, 0.05) is 55.1 Å². The third kappa shape index (κ3) is 4.26. The predicted octanol–water partition coefficient (Wildman–Crippen LogP) is 3.08. The van der Waals surface area contributed by atoms with Crippen LogP contribution in [0.3, 0.4) is 0 Å². The molecule has 3 aliphatic rings. The van der Waals surface area contributed by atoms with Crippen molar-refractivity contribution in [3.05, 3.63) is 42.1 Å². The molecule has 2 saturated carbocycles. The summed E-state index contributed by atoms with van der Waals surface area (Å²) in [5.74, 6) is 1.95. The minimum atomic E-state index is -3.26. The molecular formula is C29H34N6O4S. The van der Waals surface area contributed by atoms with E-state index >= 15 is 0 Å². The molecule has 7 rings (SSSR count). The number of nitrogens with zero attached hydrogens (tertiary/aromatic N) is 5. The number of aryl methyl sites for hydroxylation is 1. The van der Waals surface area contributed by atoms with E-state index in [0.717, 1.165) is 36.1 Å². The van der Waals surface area contributed by atoms with Crippen LogP contribution in [-0.4, -0.2) is 76.1 Å². The molecule has 3 atom stereocenters. The van der Waals surface area contributed by atoms with Gasteiger partial charge in [-0.25, -0.2) is 18.4 Å². The number of sulfone groups is 1. The molecule has 3 aromatic heterocycles. The molecule has 4 aromatic rings. The molecule has 210 valence electrons. The van der Waals surface area contributed by atoms with Crippen LogP contribution in [0.4, 0.5) is 0 Å². The maximum absolute atomic E-state index is 13.7. The highest BCUT2D eigenvalue weighted by atomic mass is 32.2. The molecule has 1 amide bonds. The molecule has 0 unspecified atom stereocenters. The van der Waals surface area contributed by atoms with Crippen LogP contribution in [0.1, 0.15) is 36.0 Å². The lowest BCUT2D eigenvalue weighted by Gasteiger charge is -2.27. The lowest BCUT2D eigenvalue weighted by Crippen LogP contribution is -2.41. The van der Waals surface area contributed by atoms with Gasteiger partial charge in [0.05, 0.1) is 24.1 Å². The molecule has 0 spiro atoms. The number of carbonyl (C=O) groups is 1. The molecule has 10 nitrogen and oxygen atoms in total. The third-order valence-corrected chi connectivity index (χ3v) is 9.82. The van der Waals surface area contributed by atoms with Crippen molar-refractivity contribution in [2.45, 2.75) is 50.9 Å². The second kappa shape index (κ2) is 9.31. The van der Waals surface area contributed by atoms with Crippen molar-refractivity contribution in [3.63, 3.8) is 0 Å². The van der Waals surface area contributed by atoms with E-state index in [4.69, 9.17) is 15.5 Å². The highest BCUT2D eigenvalue weighted by Crippen LogP contribution is 2.40. The summed E-state index contributed by atoms with van der Waals surface area (Å²) in [5.41, 5.74) is 9.92. The Morgan fingerprint density at radius 1 is 1.15 bits per heavy atom. The van der Waals surface area contributed by atoms with Crippen LogP contribution in [0, 0.1) is 11.8 Å². The SMILES string of the molecule is COc1cc(C(=O)N2C[C@H]3CC[C@@H]2[C@@H]3N)cc2nc(-c3cc4cccnc4n3CC3CC3)n(CCS(C)(=O)=O)c12. The zero-order valence-electron chi connectivity index (χ0n) is 22.8. The Labute approximate surface area is 233 Å². The minimum absolute atomic E-state index is 0.0263. The number of hydrogen-bond acceptors (Lipinski definition) is 7. The van der Waals surface area contributed by atoms with E-state index in [1.165, 1.54) is 19.1 Å². The van der Waals surface area contributed by atoms with Crippen molar-refractivity contribution in [1.82, 2.24) is 24.0 Å². The maximum atomic E-state index is 13.7. The van der Waals surface area contributed by atoms with Gasteiger partial charge >= 0.3 is 0 Å². The number of fused-ring (bicyclic) bond motifs is 4. The predicted molar refractivity (Wildman–Crippen MR) is 153 cm³/mol. The van der Waals surface area contributed by atoms with E-state index in [-0.39, 0.29) is 30.3 Å². The molecular weight excluding hydrogens is 528 g/mol. The van der Waals surface area contributed by atoms with Crippen LogP contribution in [0.15, 0.2) is 36.5 Å². The standard InChI is InChI=1S/C29H34N6O4S/c1-39-24-14-20(29(36)35-16-19-7-8-22(35)25(19)30)12-21-26(24)33(10-11-40(2,37)38)28(32-21)23-13-18-4-3-9-31-27(18)34(23)15-17-5-6-17/h3-4,9,12-14,17,19,22,25H,5-8,10-11,15-16,30H2,1-2H3/t19-,22-,25-/m1/s1. The largest absolute Gasteiger partial charge is 0.494 e. The van der Waals surface area contributed by atoms with Crippen molar-refractivity contribution < 1.29 is 17.9 Å². The van der Waals surface area contributed by atoms with E-state index in [0.29, 0.717) is 46.6 Å². The van der Waals surface area contributed by atoms with Gasteiger partial charge in [0.2, 0.25) is 0 Å². The number of carbonyl (C=O) groups excluding carboxylic acids is 1. The number of aromatic nitrogens is 4. The van der Waals surface area contributed by atoms with Crippen LogP contribution in [0.5, 0.6) is 5.75 Å². The second-order valence-electron chi connectivity index (χ2n) is 11.7. The van der Waals surface area contributed by atoms with Crippen LogP contribution in [0.2, 0.25) is 0 Å². The molecule has 1 aliphatic heterocycles. The summed E-state index contributed by atoms with van der Waals surface area (Å²) in [6.45, 7) is 1.70. The van der Waals surface area contributed by atoms with Crippen molar-refractivity contribution >= 4 is 37.8 Å². The van der Waals surface area contributed by atoms with Gasteiger partial charge in [-0.2, -0.15) is 0 Å². The van der Waals surface area contributed by atoms with E-state index < -0.39 is 9.84 Å². The molecule has 1 aromatic carbocycles. The number of benzene rings is 1. The number of pyridine rings is 1. The molecule has 0 radical (unpaired) electrons. The van der Waals surface area contributed by atoms with Crippen LogP contribution in [0.25, 0.3) is 33.6 Å². The average Bonchev–Trinajstić information content (AvgIpc) is 3.28. The van der Waals surface area contributed by atoms with E-state index in [2.05, 4.69) is 15.6 Å². The van der Waals surface area contributed by atoms with Crippen molar-refractivity contribution in [3.8, 4) is 17.3 Å². The molecule has 2 aliphatic carbocycles. The number of ether oxygens (including phenoxy) is 1. The first-order chi connectivity index (χ1) is 19.2. The number of likely N-dealkylation sites (tertiary alicyclic amines) is 1. The lowest BCUT2D eigenvalue weighted by atomic mass is 10.1. The van der Waals surface area contributed by atoms with E-state index in [1.54, 1.807) is 19.4 Å². The number of amides is 1. The number of piperidine rings is 1. The van der Waals surface area contributed by atoms with Crippen molar-refractivity contribution in [2.24, 2.45) is 17.6 Å². The summed E-state index contributed by atoms with van der Waals surface area (Å²) in [7, 11) is -1.69. The Hall–Kier alpha value is -3.44. The Morgan fingerprint density at radius 3 is 2.65 bits per heavy atom. The van der Waals surface area contributed by atoms with Gasteiger partial charge in [-0.15, -0.1) is 0 Å². The summed E-state index contributed by atoms with van der Waals surface area (Å²) in [4.78, 5) is 25.3. The van der Waals surface area contributed by atoms with Crippen LogP contribution >= 0.6 is 0 Å². The van der Waals surface area contributed by atoms with Gasteiger partial charge in [-0.05, 0) is 67.9 Å². The fourth-order valence-electron chi connectivity index (χ4n) is 6.64. The van der Waals surface area contributed by atoms with Crippen LogP contribution < -0.4 is 10.5 Å². The second-order valence-corrected chi connectivity index (χ2v) is 14.0. The summed E-state index contributed by atoms with van der Waals surface area (Å²) < 4.78 is 34.5. The molecule has 11 heteroatoms. The number of nitrogens with two attached hydrogens (primary N) is 1. The summed E-state index contributed by atoms with van der Waals surface area (Å²) in [5, 5.41) is 1.00. The smallest absolute Gasteiger partial charge is 0.254 e. The topological polar surface area (TPSA) is 125 Å². The molecule has 40 heavy (non-hydrogen) atoms. The highest BCUT2D eigenvalue weighted by molar-refractivity contribution is 7.90. The van der Waals surface area contributed by atoms with E-state index in [1.807, 2.05) is 27.7 Å². The number of rotatable bonds is 8. The molecule has 2 bridgehead atoms. The van der Waals surface area contributed by atoms with Crippen molar-refractivity contribution in [1.29, 1.82) is 0 Å². The fraction of sp³-hybridized carbons (Fsp3) is 0.483. The molecule has 4 heterocycles. The van der Waals surface area contributed by atoms with E-state index in [9.17, 15) is 13.2 Å². The maximum Gasteiger partial charge on any atom is 0.254 e. The Morgan fingerprint density at radius 2 is 1.98 bits per heavy atom. The van der Waals surface area contributed by atoms with Crippen molar-refractivity contribution in [2.75, 3.05) is 25.7 Å². The first kappa shape index (κ1) is 25.5. The Bertz CT molecular complexity index is 1760. The minimum Gasteiger partial charge on any atom is -0.494 e. The monoisotopic (exact) mass is 562 g/mol. The number of methoxy groups -OCH3 is 1. The molecule has 1 saturated heterocycles. The Balaban J connectivity index is 1.39. The van der Waals surface area contributed by atoms with Gasteiger partial charge < -0.3 is 24.5 Å². The first-order valence-electron chi connectivity index (χ1n) is 14.0. The van der Waals surface area contributed by atoms with Gasteiger partial charge in [-0.3, -0.25) is 4.79 Å². The van der Waals surface area contributed by atoms with Crippen LogP contribution in [-0.2, 0) is 22.9 Å². The lowest BCUT2D eigenvalue weighted by molar-refractivity contribution is 0.0700. The zero-order chi connectivity index (χ0) is 27.8. The average molecular weight is 563 g/mol. The quantitative estimate of drug-likeness (QED) is 0.350. The first-order valence-corrected chi connectivity index (χ1v) is 16.0. The highest BCUT2D eigenvalue weighted by Gasteiger charge is 2.47. The van der Waals surface area contributed by atoms with Gasteiger partial charge in [0.15, 0.2) is 5.82 Å². The molecule has 2 N–H and O–H groups in total. The third-order valence-electron chi connectivity index (χ3n) is 8.90. The number of hydrogen-bond donors (Lipinski definition) is 1.